The number of anilines is 1. The molecule has 0 aliphatic heterocycles. The molecule has 0 radical (unpaired) electrons. The molecule has 19 heavy (non-hydrogen) atoms. The number of nitrogens with zero attached hydrogens (tertiary/aromatic N) is 1. The molecule has 2 aromatic rings. The van der Waals surface area contributed by atoms with Crippen molar-refractivity contribution in [2.75, 3.05) is 4.72 Å². The molecule has 0 aliphatic rings. The number of halogens is 2. The van der Waals surface area contributed by atoms with Gasteiger partial charge in [0.15, 0.2) is 0 Å². The smallest absolute Gasteiger partial charge is 0.263 e. The second-order valence-corrected chi connectivity index (χ2v) is 7.32. The quantitative estimate of drug-likeness (QED) is 0.791. The maximum atomic E-state index is 12.2. The van der Waals surface area contributed by atoms with Crippen LogP contribution in [-0.4, -0.2) is 13.4 Å². The number of pyridine rings is 1. The first-order valence-corrected chi connectivity index (χ1v) is 8.36. The fourth-order valence-electron chi connectivity index (χ4n) is 1.43. The van der Waals surface area contributed by atoms with E-state index in [-0.39, 0.29) is 10.7 Å². The van der Waals surface area contributed by atoms with Crippen LogP contribution in [0.1, 0.15) is 5.56 Å². The standard InChI is InChI=1S/C12H10Br2N2O2S/c1-8-2-4-10(5-3-8)19(17,18)16-12-7-9(13)6-11(14)15-12/h2-7H,1H3,(H,15,16). The van der Waals surface area contributed by atoms with Gasteiger partial charge in [-0.05, 0) is 47.1 Å². The fourth-order valence-corrected chi connectivity index (χ4v) is 3.60. The van der Waals surface area contributed by atoms with Crippen molar-refractivity contribution in [2.24, 2.45) is 0 Å². The summed E-state index contributed by atoms with van der Waals surface area (Å²) in [6, 6.07) is 9.94. The van der Waals surface area contributed by atoms with Crippen LogP contribution >= 0.6 is 31.9 Å². The van der Waals surface area contributed by atoms with Gasteiger partial charge in [0.2, 0.25) is 0 Å². The second kappa shape index (κ2) is 5.60. The summed E-state index contributed by atoms with van der Waals surface area (Å²) in [5, 5.41) is 0. The summed E-state index contributed by atoms with van der Waals surface area (Å²) in [5.74, 6) is 0.252. The Hall–Kier alpha value is -0.920. The molecule has 0 spiro atoms. The highest BCUT2D eigenvalue weighted by Crippen LogP contribution is 2.22. The molecule has 0 unspecified atom stereocenters. The highest BCUT2D eigenvalue weighted by atomic mass is 79.9. The van der Waals surface area contributed by atoms with Crippen LogP contribution in [0.3, 0.4) is 0 Å². The van der Waals surface area contributed by atoms with Gasteiger partial charge >= 0.3 is 0 Å². The van der Waals surface area contributed by atoms with Crippen LogP contribution in [0.15, 0.2) is 50.4 Å². The molecule has 1 N–H and O–H groups in total. The molecule has 100 valence electrons. The summed E-state index contributed by atoms with van der Waals surface area (Å²) in [7, 11) is -3.62. The maximum Gasteiger partial charge on any atom is 0.263 e. The Bertz CT molecular complexity index is 680. The molecule has 2 rings (SSSR count). The van der Waals surface area contributed by atoms with E-state index in [4.69, 9.17) is 0 Å². The van der Waals surface area contributed by atoms with Crippen molar-refractivity contribution >= 4 is 47.7 Å². The maximum absolute atomic E-state index is 12.2. The average molecular weight is 406 g/mol. The number of hydrogen-bond donors (Lipinski definition) is 1. The van der Waals surface area contributed by atoms with Gasteiger partial charge in [0.1, 0.15) is 10.4 Å². The lowest BCUT2D eigenvalue weighted by Crippen LogP contribution is -2.14. The first-order valence-electron chi connectivity index (χ1n) is 5.29. The molecule has 4 nitrogen and oxygen atoms in total. The van der Waals surface area contributed by atoms with Crippen LogP contribution in [0.25, 0.3) is 0 Å². The van der Waals surface area contributed by atoms with Crippen molar-refractivity contribution < 1.29 is 8.42 Å². The van der Waals surface area contributed by atoms with Crippen LogP contribution < -0.4 is 4.72 Å². The van der Waals surface area contributed by atoms with E-state index in [1.807, 2.05) is 6.92 Å². The van der Waals surface area contributed by atoms with E-state index in [9.17, 15) is 8.42 Å². The first kappa shape index (κ1) is 14.5. The van der Waals surface area contributed by atoms with E-state index in [2.05, 4.69) is 41.6 Å². The zero-order valence-electron chi connectivity index (χ0n) is 9.89. The van der Waals surface area contributed by atoms with E-state index in [0.29, 0.717) is 4.60 Å². The van der Waals surface area contributed by atoms with Crippen molar-refractivity contribution in [3.8, 4) is 0 Å². The molecule has 0 amide bonds. The van der Waals surface area contributed by atoms with Crippen LogP contribution in [-0.2, 0) is 10.0 Å². The molecule has 0 bridgehead atoms. The minimum absolute atomic E-state index is 0.205. The number of rotatable bonds is 3. The lowest BCUT2D eigenvalue weighted by molar-refractivity contribution is 0.601. The molecule has 0 fully saturated rings. The third-order valence-electron chi connectivity index (χ3n) is 2.33. The number of hydrogen-bond acceptors (Lipinski definition) is 3. The Morgan fingerprint density at radius 1 is 1.11 bits per heavy atom. The molecular weight excluding hydrogens is 396 g/mol. The molecule has 1 aromatic carbocycles. The molecule has 7 heteroatoms. The third-order valence-corrected chi connectivity index (χ3v) is 4.56. The van der Waals surface area contributed by atoms with Gasteiger partial charge in [0.05, 0.1) is 4.90 Å². The molecule has 1 heterocycles. The van der Waals surface area contributed by atoms with E-state index in [1.165, 1.54) is 0 Å². The normalized spacial score (nSPS) is 11.3. The minimum atomic E-state index is -3.62. The van der Waals surface area contributed by atoms with Crippen molar-refractivity contribution in [1.29, 1.82) is 0 Å². The number of aromatic nitrogens is 1. The fraction of sp³-hybridized carbons (Fsp3) is 0.0833. The average Bonchev–Trinajstić information content (AvgIpc) is 2.27. The largest absolute Gasteiger partial charge is 0.263 e. The summed E-state index contributed by atoms with van der Waals surface area (Å²) in [6.07, 6.45) is 0. The van der Waals surface area contributed by atoms with E-state index < -0.39 is 10.0 Å². The summed E-state index contributed by atoms with van der Waals surface area (Å²) in [5.41, 5.74) is 1.00. The Kier molecular flexibility index (Phi) is 4.27. The lowest BCUT2D eigenvalue weighted by atomic mass is 10.2. The monoisotopic (exact) mass is 404 g/mol. The van der Waals surface area contributed by atoms with Gasteiger partial charge in [-0.1, -0.05) is 33.6 Å². The summed E-state index contributed by atoms with van der Waals surface area (Å²) < 4.78 is 28.0. The van der Waals surface area contributed by atoms with Gasteiger partial charge in [-0.2, -0.15) is 0 Å². The predicted molar refractivity (Wildman–Crippen MR) is 81.6 cm³/mol. The van der Waals surface area contributed by atoms with Crippen LogP contribution in [0, 0.1) is 6.92 Å². The molecule has 1 aromatic heterocycles. The van der Waals surface area contributed by atoms with Crippen molar-refractivity contribution in [3.63, 3.8) is 0 Å². The van der Waals surface area contributed by atoms with Gasteiger partial charge in [-0.15, -0.1) is 0 Å². The van der Waals surface area contributed by atoms with Crippen molar-refractivity contribution in [1.82, 2.24) is 4.98 Å². The SMILES string of the molecule is Cc1ccc(S(=O)(=O)Nc2cc(Br)cc(Br)n2)cc1. The van der Waals surface area contributed by atoms with E-state index in [0.717, 1.165) is 10.0 Å². The second-order valence-electron chi connectivity index (χ2n) is 3.91. The van der Waals surface area contributed by atoms with Crippen LogP contribution in [0.2, 0.25) is 0 Å². The van der Waals surface area contributed by atoms with Crippen molar-refractivity contribution in [3.05, 3.63) is 51.0 Å². The zero-order valence-corrected chi connectivity index (χ0v) is 13.9. The predicted octanol–water partition coefficient (Wildman–Crippen LogP) is 3.72. The number of sulfonamides is 1. The Labute approximate surface area is 128 Å². The topological polar surface area (TPSA) is 59.1 Å². The lowest BCUT2D eigenvalue weighted by Gasteiger charge is -2.08. The summed E-state index contributed by atoms with van der Waals surface area (Å²) in [6.45, 7) is 1.90. The van der Waals surface area contributed by atoms with Gasteiger partial charge < -0.3 is 0 Å². The first-order chi connectivity index (χ1) is 8.87. The Morgan fingerprint density at radius 2 is 1.74 bits per heavy atom. The van der Waals surface area contributed by atoms with Crippen LogP contribution in [0.5, 0.6) is 0 Å². The molecule has 0 saturated carbocycles. The molecule has 0 aliphatic carbocycles. The Balaban J connectivity index is 2.33. The number of nitrogens with one attached hydrogen (secondary N) is 1. The van der Waals surface area contributed by atoms with Crippen molar-refractivity contribution in [2.45, 2.75) is 11.8 Å². The zero-order chi connectivity index (χ0) is 14.0. The van der Waals surface area contributed by atoms with Gasteiger partial charge in [-0.3, -0.25) is 4.72 Å². The van der Waals surface area contributed by atoms with Gasteiger partial charge in [0, 0.05) is 4.47 Å². The number of aryl methyl sites for hydroxylation is 1. The van der Waals surface area contributed by atoms with Gasteiger partial charge in [0.25, 0.3) is 10.0 Å². The third kappa shape index (κ3) is 3.77. The highest BCUT2D eigenvalue weighted by Gasteiger charge is 2.15. The van der Waals surface area contributed by atoms with Crippen LogP contribution in [0.4, 0.5) is 5.82 Å². The molecular formula is C12H10Br2N2O2S. The number of benzene rings is 1. The summed E-state index contributed by atoms with van der Waals surface area (Å²) >= 11 is 6.49. The minimum Gasteiger partial charge on any atom is -0.263 e. The van der Waals surface area contributed by atoms with E-state index >= 15 is 0 Å². The summed E-state index contributed by atoms with van der Waals surface area (Å²) in [4.78, 5) is 4.26. The molecule has 0 saturated heterocycles. The Morgan fingerprint density at radius 3 is 2.32 bits per heavy atom. The van der Waals surface area contributed by atoms with Gasteiger partial charge in [-0.25, -0.2) is 13.4 Å². The molecule has 0 atom stereocenters. The van der Waals surface area contributed by atoms with E-state index in [1.54, 1.807) is 36.4 Å². The highest BCUT2D eigenvalue weighted by molar-refractivity contribution is 9.11.